The molecule has 45 heavy (non-hydrogen) atoms. The van der Waals surface area contributed by atoms with Gasteiger partial charge in [-0.2, -0.15) is 0 Å². The molecule has 0 bridgehead atoms. The van der Waals surface area contributed by atoms with Gasteiger partial charge >= 0.3 is 12.1 Å². The van der Waals surface area contributed by atoms with Gasteiger partial charge in [-0.3, -0.25) is 4.79 Å². The first kappa shape index (κ1) is 32.7. The smallest absolute Gasteiger partial charge is 0.408 e. The first-order valence-corrected chi connectivity index (χ1v) is 15.0. The van der Waals surface area contributed by atoms with Crippen molar-refractivity contribution in [3.05, 3.63) is 156 Å². The van der Waals surface area contributed by atoms with Crippen LogP contribution in [0.5, 0.6) is 0 Å². The van der Waals surface area contributed by atoms with Crippen LogP contribution in [0.15, 0.2) is 133 Å². The fourth-order valence-corrected chi connectivity index (χ4v) is 4.99. The number of carbonyl (C=O) groups excluding carboxylic acids is 3. The summed E-state index contributed by atoms with van der Waals surface area (Å²) in [5.41, 5.74) is 1.88. The van der Waals surface area contributed by atoms with Gasteiger partial charge in [-0.05, 0) is 49.4 Å². The van der Waals surface area contributed by atoms with Crippen LogP contribution in [0.3, 0.4) is 0 Å². The SMILES string of the molecule is CC(C)(C)OC(=O)N[C@H](/C=C/C(=O)OCc1ccccc1)CCC(=O)NC(c1ccccc1)(c1ccccc1)c1ccccc1. The van der Waals surface area contributed by atoms with Gasteiger partial charge in [0.15, 0.2) is 0 Å². The van der Waals surface area contributed by atoms with E-state index in [1.807, 2.05) is 121 Å². The summed E-state index contributed by atoms with van der Waals surface area (Å²) in [7, 11) is 0. The normalized spacial score (nSPS) is 12.2. The number of alkyl carbamates (subject to hydrolysis) is 1. The molecule has 2 amide bonds. The van der Waals surface area contributed by atoms with E-state index in [-0.39, 0.29) is 25.4 Å². The lowest BCUT2D eigenvalue weighted by Crippen LogP contribution is -2.48. The number of ether oxygens (including phenoxy) is 2. The second-order valence-electron chi connectivity index (χ2n) is 11.6. The molecule has 232 valence electrons. The van der Waals surface area contributed by atoms with Gasteiger partial charge in [0.25, 0.3) is 0 Å². The number of hydrogen-bond donors (Lipinski definition) is 2. The van der Waals surface area contributed by atoms with Gasteiger partial charge in [0.05, 0.1) is 6.04 Å². The van der Waals surface area contributed by atoms with E-state index >= 15 is 0 Å². The third kappa shape index (κ3) is 9.66. The van der Waals surface area contributed by atoms with Gasteiger partial charge in [-0.25, -0.2) is 9.59 Å². The van der Waals surface area contributed by atoms with Gasteiger partial charge in [0, 0.05) is 12.5 Å². The number of rotatable bonds is 12. The lowest BCUT2D eigenvalue weighted by atomic mass is 9.77. The molecule has 7 nitrogen and oxygen atoms in total. The van der Waals surface area contributed by atoms with Gasteiger partial charge < -0.3 is 20.1 Å². The summed E-state index contributed by atoms with van der Waals surface area (Å²) in [6.07, 6.45) is 2.41. The second kappa shape index (κ2) is 15.5. The maximum atomic E-state index is 13.8. The van der Waals surface area contributed by atoms with E-state index in [1.165, 1.54) is 12.2 Å². The van der Waals surface area contributed by atoms with Gasteiger partial charge in [-0.15, -0.1) is 0 Å². The van der Waals surface area contributed by atoms with Crippen LogP contribution in [0.1, 0.15) is 55.9 Å². The highest BCUT2D eigenvalue weighted by atomic mass is 16.6. The molecule has 7 heteroatoms. The lowest BCUT2D eigenvalue weighted by molar-refractivity contribution is -0.139. The molecule has 4 rings (SSSR count). The van der Waals surface area contributed by atoms with E-state index in [1.54, 1.807) is 20.8 Å². The maximum Gasteiger partial charge on any atom is 0.408 e. The molecule has 0 aliphatic carbocycles. The quantitative estimate of drug-likeness (QED) is 0.103. The van der Waals surface area contributed by atoms with Crippen LogP contribution in [0.2, 0.25) is 0 Å². The third-order valence-corrected chi connectivity index (χ3v) is 7.02. The van der Waals surface area contributed by atoms with Crippen LogP contribution in [0, 0.1) is 0 Å². The zero-order valence-electron chi connectivity index (χ0n) is 25.9. The Morgan fingerprint density at radius 1 is 0.711 bits per heavy atom. The molecule has 0 heterocycles. The average molecular weight is 605 g/mol. The number of benzene rings is 4. The van der Waals surface area contributed by atoms with Crippen molar-refractivity contribution < 1.29 is 23.9 Å². The first-order chi connectivity index (χ1) is 21.7. The molecule has 0 saturated heterocycles. The van der Waals surface area contributed by atoms with Gasteiger partial charge in [0.1, 0.15) is 17.7 Å². The lowest BCUT2D eigenvalue weighted by Gasteiger charge is -2.37. The second-order valence-corrected chi connectivity index (χ2v) is 11.6. The minimum Gasteiger partial charge on any atom is -0.458 e. The number of amides is 2. The predicted molar refractivity (Wildman–Crippen MR) is 175 cm³/mol. The Kier molecular flexibility index (Phi) is 11.3. The van der Waals surface area contributed by atoms with E-state index in [2.05, 4.69) is 10.6 Å². The molecular weight excluding hydrogens is 564 g/mol. The summed E-state index contributed by atoms with van der Waals surface area (Å²) in [5, 5.41) is 6.11. The van der Waals surface area contributed by atoms with Crippen LogP contribution in [0.4, 0.5) is 4.79 Å². The van der Waals surface area contributed by atoms with Crippen LogP contribution in [0.25, 0.3) is 0 Å². The van der Waals surface area contributed by atoms with E-state index in [0.29, 0.717) is 0 Å². The number of carbonyl (C=O) groups is 3. The minimum atomic E-state index is -0.966. The third-order valence-electron chi connectivity index (χ3n) is 7.02. The van der Waals surface area contributed by atoms with Crippen LogP contribution in [-0.4, -0.2) is 29.6 Å². The van der Waals surface area contributed by atoms with Crippen molar-refractivity contribution in [1.29, 1.82) is 0 Å². The zero-order valence-corrected chi connectivity index (χ0v) is 25.9. The van der Waals surface area contributed by atoms with Crippen molar-refractivity contribution in [2.45, 2.75) is 57.4 Å². The summed E-state index contributed by atoms with van der Waals surface area (Å²) in [6.45, 7) is 5.42. The fraction of sp³-hybridized carbons (Fsp3) is 0.237. The van der Waals surface area contributed by atoms with Crippen molar-refractivity contribution in [2.75, 3.05) is 0 Å². The number of esters is 1. The van der Waals surface area contributed by atoms with E-state index in [0.717, 1.165) is 22.3 Å². The van der Waals surface area contributed by atoms with E-state index in [4.69, 9.17) is 9.47 Å². The van der Waals surface area contributed by atoms with Crippen molar-refractivity contribution in [1.82, 2.24) is 10.6 Å². The predicted octanol–water partition coefficient (Wildman–Crippen LogP) is 7.07. The van der Waals surface area contributed by atoms with Gasteiger partial charge in [-0.1, -0.05) is 127 Å². The Balaban J connectivity index is 1.55. The summed E-state index contributed by atoms with van der Waals surface area (Å²) >= 11 is 0. The molecule has 0 aromatic heterocycles. The van der Waals surface area contributed by atoms with E-state index < -0.39 is 29.2 Å². The highest BCUT2D eigenvalue weighted by molar-refractivity contribution is 5.82. The average Bonchev–Trinajstić information content (AvgIpc) is 3.04. The zero-order chi connectivity index (χ0) is 32.1. The standard InChI is InChI=1S/C38H40N2O5/c1-37(2,3)45-36(43)39-33(25-27-35(42)44-28-29-16-8-4-9-17-29)24-26-34(41)40-38(30-18-10-5-11-19-30,31-20-12-6-13-21-31)32-22-14-7-15-23-32/h4-23,25,27,33H,24,26,28H2,1-3H3,(H,39,43)(H,40,41)/b27-25+/t33-/m0/s1. The molecule has 4 aromatic rings. The Morgan fingerprint density at radius 3 is 1.64 bits per heavy atom. The Hall–Kier alpha value is -5.17. The minimum absolute atomic E-state index is 0.0537. The van der Waals surface area contributed by atoms with Crippen LogP contribution in [-0.2, 0) is 31.2 Å². The van der Waals surface area contributed by atoms with Crippen LogP contribution >= 0.6 is 0 Å². The van der Waals surface area contributed by atoms with Crippen molar-refractivity contribution in [3.8, 4) is 0 Å². The maximum absolute atomic E-state index is 13.8. The highest BCUT2D eigenvalue weighted by Gasteiger charge is 2.37. The monoisotopic (exact) mass is 604 g/mol. The molecular formula is C38H40N2O5. The molecule has 0 aliphatic rings. The topological polar surface area (TPSA) is 93.7 Å². The molecule has 0 spiro atoms. The largest absolute Gasteiger partial charge is 0.458 e. The summed E-state index contributed by atoms with van der Waals surface area (Å²) in [4.78, 5) is 39.0. The summed E-state index contributed by atoms with van der Waals surface area (Å²) < 4.78 is 10.8. The Morgan fingerprint density at radius 2 is 1.18 bits per heavy atom. The van der Waals surface area contributed by atoms with Crippen molar-refractivity contribution >= 4 is 18.0 Å². The Bertz CT molecular complexity index is 1450. The number of nitrogens with one attached hydrogen (secondary N) is 2. The molecule has 1 atom stereocenters. The summed E-state index contributed by atoms with van der Waals surface area (Å²) in [5.74, 6) is -0.793. The van der Waals surface area contributed by atoms with Crippen molar-refractivity contribution in [2.24, 2.45) is 0 Å². The molecule has 0 saturated carbocycles. The molecule has 2 N–H and O–H groups in total. The van der Waals surface area contributed by atoms with Crippen LogP contribution < -0.4 is 10.6 Å². The Labute approximate surface area is 265 Å². The molecule has 0 aliphatic heterocycles. The fourth-order valence-electron chi connectivity index (χ4n) is 4.99. The van der Waals surface area contributed by atoms with Crippen molar-refractivity contribution in [3.63, 3.8) is 0 Å². The van der Waals surface area contributed by atoms with E-state index in [9.17, 15) is 14.4 Å². The summed E-state index contributed by atoms with van der Waals surface area (Å²) in [6, 6.07) is 38.2. The molecule has 0 fully saturated rings. The highest BCUT2D eigenvalue weighted by Crippen LogP contribution is 2.37. The first-order valence-electron chi connectivity index (χ1n) is 15.0. The van der Waals surface area contributed by atoms with Gasteiger partial charge in [0.2, 0.25) is 5.91 Å². The molecule has 0 radical (unpaired) electrons. The number of hydrogen-bond acceptors (Lipinski definition) is 5. The molecule has 4 aromatic carbocycles. The molecule has 0 unspecified atom stereocenters.